The third-order valence-corrected chi connectivity index (χ3v) is 4.13. The van der Waals surface area contributed by atoms with Gasteiger partial charge in [0.15, 0.2) is 0 Å². The zero-order valence-corrected chi connectivity index (χ0v) is 14.8. The second-order valence-corrected chi connectivity index (χ2v) is 6.04. The van der Waals surface area contributed by atoms with Crippen LogP contribution in [0.3, 0.4) is 0 Å². The normalized spacial score (nSPS) is 14.3. The number of hydrazone groups is 1. The van der Waals surface area contributed by atoms with E-state index in [0.717, 1.165) is 22.5 Å². The fourth-order valence-electron chi connectivity index (χ4n) is 2.37. The van der Waals surface area contributed by atoms with Crippen LogP contribution in [0, 0.1) is 0 Å². The molecule has 1 aliphatic heterocycles. The van der Waals surface area contributed by atoms with Gasteiger partial charge in [0.1, 0.15) is 5.84 Å². The lowest BCUT2D eigenvalue weighted by atomic mass is 10.0. The summed E-state index contributed by atoms with van der Waals surface area (Å²) in [4.78, 5) is 9.28. The van der Waals surface area contributed by atoms with E-state index in [4.69, 9.17) is 28.3 Å². The van der Waals surface area contributed by atoms with Crippen molar-refractivity contribution >= 4 is 46.1 Å². The van der Waals surface area contributed by atoms with Crippen molar-refractivity contribution in [3.8, 4) is 0 Å². The van der Waals surface area contributed by atoms with Gasteiger partial charge < -0.3 is 5.11 Å². The lowest BCUT2D eigenvalue weighted by Crippen LogP contribution is -2.24. The van der Waals surface area contributed by atoms with Crippen LogP contribution in [0.2, 0.25) is 5.02 Å². The smallest absolute Gasteiger partial charge is 0.144 e. The van der Waals surface area contributed by atoms with Gasteiger partial charge in [-0.15, -0.1) is 11.6 Å². The first-order chi connectivity index (χ1) is 12.2. The van der Waals surface area contributed by atoms with Gasteiger partial charge in [-0.3, -0.25) is 10.4 Å². The number of benzene rings is 2. The molecule has 0 atom stereocenters. The van der Waals surface area contributed by atoms with Crippen molar-refractivity contribution in [3.63, 3.8) is 0 Å². The van der Waals surface area contributed by atoms with Crippen molar-refractivity contribution in [2.45, 2.75) is 0 Å². The minimum absolute atomic E-state index is 0.140. The SMILES string of the molecule is OC/C(CCl)=N\NC1=Nc2ccc(Cl)cc2C(c2ccccc2)=NC1. The average Bonchev–Trinajstić information content (AvgIpc) is 2.82. The first-order valence-corrected chi connectivity index (χ1v) is 8.58. The van der Waals surface area contributed by atoms with Crippen molar-refractivity contribution in [3.05, 3.63) is 64.7 Å². The van der Waals surface area contributed by atoms with E-state index in [1.165, 1.54) is 0 Å². The maximum absolute atomic E-state index is 9.15. The van der Waals surface area contributed by atoms with Gasteiger partial charge in [-0.2, -0.15) is 5.10 Å². The molecule has 5 nitrogen and oxygen atoms in total. The highest BCUT2D eigenvalue weighted by molar-refractivity contribution is 6.31. The van der Waals surface area contributed by atoms with E-state index in [1.54, 1.807) is 6.07 Å². The molecule has 2 aromatic carbocycles. The number of amidine groups is 1. The van der Waals surface area contributed by atoms with Crippen LogP contribution in [0.1, 0.15) is 11.1 Å². The number of hydrogen-bond donors (Lipinski definition) is 2. The molecule has 7 heteroatoms. The number of rotatable bonds is 4. The van der Waals surface area contributed by atoms with Crippen molar-refractivity contribution in [1.29, 1.82) is 0 Å². The number of nitrogens with one attached hydrogen (secondary N) is 1. The average molecular weight is 375 g/mol. The molecule has 0 aliphatic carbocycles. The second-order valence-electron chi connectivity index (χ2n) is 5.33. The molecule has 0 radical (unpaired) electrons. The Labute approximate surface area is 155 Å². The molecule has 0 amide bonds. The molecule has 1 aliphatic rings. The number of alkyl halides is 1. The number of aliphatic hydroxyl groups excluding tert-OH is 1. The molecular formula is C18H16Cl2N4O. The Hall–Kier alpha value is -2.21. The fourth-order valence-corrected chi connectivity index (χ4v) is 2.69. The Bertz CT molecular complexity index is 841. The minimum Gasteiger partial charge on any atom is -0.390 e. The van der Waals surface area contributed by atoms with Gasteiger partial charge in [0.05, 0.1) is 36.1 Å². The van der Waals surface area contributed by atoms with Crippen LogP contribution in [-0.4, -0.2) is 41.4 Å². The summed E-state index contributed by atoms with van der Waals surface area (Å²) >= 11 is 11.9. The largest absolute Gasteiger partial charge is 0.390 e. The summed E-state index contributed by atoms with van der Waals surface area (Å²) in [7, 11) is 0. The number of halogens is 2. The van der Waals surface area contributed by atoms with Crippen LogP contribution in [0.5, 0.6) is 0 Å². The fraction of sp³-hybridized carbons (Fsp3) is 0.167. The highest BCUT2D eigenvalue weighted by Gasteiger charge is 2.16. The Balaban J connectivity index is 2.01. The maximum atomic E-state index is 9.15. The van der Waals surface area contributed by atoms with E-state index in [1.807, 2.05) is 42.5 Å². The predicted molar refractivity (Wildman–Crippen MR) is 104 cm³/mol. The number of nitrogens with zero attached hydrogens (tertiary/aromatic N) is 3. The van der Waals surface area contributed by atoms with E-state index in [9.17, 15) is 0 Å². The van der Waals surface area contributed by atoms with Crippen LogP contribution in [-0.2, 0) is 0 Å². The quantitative estimate of drug-likeness (QED) is 0.489. The third-order valence-electron chi connectivity index (χ3n) is 3.58. The van der Waals surface area contributed by atoms with Crippen LogP contribution in [0.25, 0.3) is 0 Å². The van der Waals surface area contributed by atoms with Crippen LogP contribution in [0.4, 0.5) is 5.69 Å². The van der Waals surface area contributed by atoms with Gasteiger partial charge >= 0.3 is 0 Å². The molecule has 0 spiro atoms. The first kappa shape index (κ1) is 17.6. The maximum Gasteiger partial charge on any atom is 0.144 e. The summed E-state index contributed by atoms with van der Waals surface area (Å²) < 4.78 is 0. The number of fused-ring (bicyclic) bond motifs is 1. The van der Waals surface area contributed by atoms with Crippen LogP contribution < -0.4 is 5.43 Å². The van der Waals surface area contributed by atoms with Crippen molar-refractivity contribution in [2.75, 3.05) is 19.0 Å². The van der Waals surface area contributed by atoms with Crippen molar-refractivity contribution in [1.82, 2.24) is 5.43 Å². The van der Waals surface area contributed by atoms with Gasteiger partial charge in [-0.1, -0.05) is 41.9 Å². The molecule has 0 bridgehead atoms. The van der Waals surface area contributed by atoms with E-state index < -0.39 is 0 Å². The summed E-state index contributed by atoms with van der Waals surface area (Å²) in [5.74, 6) is 0.701. The minimum atomic E-state index is -0.214. The summed E-state index contributed by atoms with van der Waals surface area (Å²) in [5.41, 5.74) is 6.69. The highest BCUT2D eigenvalue weighted by atomic mass is 35.5. The molecule has 128 valence electrons. The van der Waals surface area contributed by atoms with E-state index in [0.29, 0.717) is 23.1 Å². The van der Waals surface area contributed by atoms with Crippen molar-refractivity contribution < 1.29 is 5.11 Å². The van der Waals surface area contributed by atoms with Gasteiger partial charge in [0, 0.05) is 16.1 Å². The summed E-state index contributed by atoms with van der Waals surface area (Å²) in [6.07, 6.45) is 0. The summed E-state index contributed by atoms with van der Waals surface area (Å²) in [5, 5.41) is 13.8. The van der Waals surface area contributed by atoms with E-state index in [-0.39, 0.29) is 12.5 Å². The molecule has 2 aromatic rings. The predicted octanol–water partition coefficient (Wildman–Crippen LogP) is 3.40. The molecule has 0 saturated heterocycles. The van der Waals surface area contributed by atoms with Gasteiger partial charge in [0.2, 0.25) is 0 Å². The standard InChI is InChI=1S/C18H16Cl2N4O/c19-9-14(11-25)23-24-17-10-21-18(12-4-2-1-3-5-12)15-8-13(20)6-7-16(15)22-17/h1-8,25H,9-11H2,(H,22,24)/b23-14-. The molecule has 0 saturated carbocycles. The Morgan fingerprint density at radius 3 is 2.72 bits per heavy atom. The van der Waals surface area contributed by atoms with Crippen molar-refractivity contribution in [2.24, 2.45) is 15.1 Å². The second kappa shape index (κ2) is 8.25. The van der Waals surface area contributed by atoms with Gasteiger partial charge in [-0.05, 0) is 18.2 Å². The number of hydrogen-bond acceptors (Lipinski definition) is 5. The Morgan fingerprint density at radius 2 is 2.00 bits per heavy atom. The third kappa shape index (κ3) is 4.25. The molecule has 0 unspecified atom stereocenters. The van der Waals surface area contributed by atoms with E-state index in [2.05, 4.69) is 20.5 Å². The zero-order valence-electron chi connectivity index (χ0n) is 13.3. The van der Waals surface area contributed by atoms with Gasteiger partial charge in [0.25, 0.3) is 0 Å². The molecule has 1 heterocycles. The van der Waals surface area contributed by atoms with Crippen LogP contribution >= 0.6 is 23.2 Å². The molecule has 0 aromatic heterocycles. The summed E-state index contributed by atoms with van der Waals surface area (Å²) in [6.45, 7) is 0.107. The zero-order chi connectivity index (χ0) is 17.6. The first-order valence-electron chi connectivity index (χ1n) is 7.67. The lowest BCUT2D eigenvalue weighted by Gasteiger charge is -2.08. The number of aliphatic imine (C=N–C) groups is 2. The monoisotopic (exact) mass is 374 g/mol. The highest BCUT2D eigenvalue weighted by Crippen LogP contribution is 2.28. The van der Waals surface area contributed by atoms with Crippen LogP contribution in [0.15, 0.2) is 63.6 Å². The Kier molecular flexibility index (Phi) is 5.81. The Morgan fingerprint density at radius 1 is 1.20 bits per heavy atom. The molecule has 0 fully saturated rings. The van der Waals surface area contributed by atoms with Gasteiger partial charge in [-0.25, -0.2) is 4.99 Å². The summed E-state index contributed by atoms with van der Waals surface area (Å²) in [6, 6.07) is 15.4. The molecule has 25 heavy (non-hydrogen) atoms. The lowest BCUT2D eigenvalue weighted by molar-refractivity contribution is 0.356. The molecular weight excluding hydrogens is 359 g/mol. The van der Waals surface area contributed by atoms with E-state index >= 15 is 0 Å². The molecule has 2 N–H and O–H groups in total. The number of aliphatic hydroxyl groups is 1. The topological polar surface area (TPSA) is 69.3 Å². The molecule has 3 rings (SSSR count).